The van der Waals surface area contributed by atoms with Gasteiger partial charge in [-0.1, -0.05) is 307 Å². The largest absolute Gasteiger partial charge is 0.311 e. The molecule has 15 aromatic rings. The molecule has 0 spiro atoms. The number of nitrogens with zero attached hydrogens (tertiary/aromatic N) is 4. The van der Waals surface area contributed by atoms with E-state index in [9.17, 15) is 0 Å². The Morgan fingerprint density at radius 1 is 0.235 bits per heavy atom. The highest BCUT2D eigenvalue weighted by atomic mass is 32.2. The summed E-state index contributed by atoms with van der Waals surface area (Å²) in [6.07, 6.45) is 0. The van der Waals surface area contributed by atoms with Crippen molar-refractivity contribution in [1.29, 1.82) is 0 Å². The van der Waals surface area contributed by atoms with Gasteiger partial charge in [0.05, 0.1) is 17.1 Å². The molecule has 0 fully saturated rings. The van der Waals surface area contributed by atoms with E-state index in [1.807, 2.05) is 23.5 Å². The summed E-state index contributed by atoms with van der Waals surface area (Å²) in [5, 5.41) is 0. The summed E-state index contributed by atoms with van der Waals surface area (Å²) < 4.78 is 0. The second kappa shape index (κ2) is 24.2. The van der Waals surface area contributed by atoms with Crippen molar-refractivity contribution in [3.63, 3.8) is 0 Å². The second-order valence-corrected chi connectivity index (χ2v) is 27.6. The van der Waals surface area contributed by atoms with Crippen LogP contribution >= 0.6 is 23.5 Å². The average molecular weight is 1280 g/mol. The Labute approximate surface area is 581 Å². The van der Waals surface area contributed by atoms with Crippen LogP contribution in [-0.2, 0) is 0 Å². The molecule has 98 heavy (non-hydrogen) atoms. The number of benzene rings is 15. The Bertz CT molecular complexity index is 5490. The Hall–Kier alpha value is -11.7. The fourth-order valence-electron chi connectivity index (χ4n) is 15.8. The summed E-state index contributed by atoms with van der Waals surface area (Å²) in [6.45, 7) is -0.251. The minimum Gasteiger partial charge on any atom is -0.311 e. The number of anilines is 12. The van der Waals surface area contributed by atoms with E-state index in [-0.39, 0.29) is 13.4 Å². The molecule has 0 bridgehead atoms. The van der Waals surface area contributed by atoms with E-state index in [1.165, 1.54) is 52.4 Å². The first kappa shape index (κ1) is 57.7. The maximum absolute atomic E-state index is 2.70. The van der Waals surface area contributed by atoms with Crippen LogP contribution in [0.1, 0.15) is 0 Å². The van der Waals surface area contributed by atoms with Gasteiger partial charge in [0.2, 0.25) is 13.4 Å². The van der Waals surface area contributed by atoms with Gasteiger partial charge in [0.15, 0.2) is 0 Å². The minimum absolute atomic E-state index is 0.112. The quantitative estimate of drug-likeness (QED) is 0.112. The predicted molar refractivity (Wildman–Crippen MR) is 417 cm³/mol. The summed E-state index contributed by atoms with van der Waals surface area (Å²) in [7, 11) is 0. The zero-order valence-electron chi connectivity index (χ0n) is 53.4. The molecule has 0 radical (unpaired) electrons. The summed E-state index contributed by atoms with van der Waals surface area (Å²) in [6, 6.07) is 135. The highest BCUT2D eigenvalue weighted by molar-refractivity contribution is 8.00. The molecule has 4 aliphatic heterocycles. The normalized spacial score (nSPS) is 12.7. The monoisotopic (exact) mass is 1280 g/mol. The topological polar surface area (TPSA) is 13.0 Å². The van der Waals surface area contributed by atoms with Gasteiger partial charge in [-0.15, -0.1) is 0 Å². The summed E-state index contributed by atoms with van der Waals surface area (Å²) in [4.78, 5) is 15.3. The zero-order chi connectivity index (χ0) is 64.6. The van der Waals surface area contributed by atoms with Crippen molar-refractivity contribution in [2.75, 3.05) is 19.6 Å². The van der Waals surface area contributed by atoms with E-state index in [1.54, 1.807) is 0 Å². The lowest BCUT2D eigenvalue weighted by Crippen LogP contribution is -2.64. The maximum Gasteiger partial charge on any atom is 0.249 e. The van der Waals surface area contributed by atoms with E-state index in [0.29, 0.717) is 0 Å². The summed E-state index contributed by atoms with van der Waals surface area (Å²) in [5.41, 5.74) is 30.2. The number of hydrogen-bond donors (Lipinski definition) is 0. The van der Waals surface area contributed by atoms with E-state index in [0.717, 1.165) is 113 Å². The molecule has 0 N–H and O–H groups in total. The SMILES string of the molecule is c1ccc(-c2ccccc2N(c2ccccc2)c2cc3c4c(c2)N(c2ccccc2)c2cc5c(cc2B4c2ccccc2S3)B2c3ccccc3Sc3cc(N(c4ccccc4)c4ccccc4-c4ccccc4)cc(c32)N5c2c(-c3ccccc3)cccc2-c2ccccc2)cc1. The van der Waals surface area contributed by atoms with Gasteiger partial charge in [-0.25, -0.2) is 0 Å². The van der Waals surface area contributed by atoms with Crippen LogP contribution in [0.15, 0.2) is 384 Å². The number of fused-ring (bicyclic) bond motifs is 8. The number of hydrogen-bond acceptors (Lipinski definition) is 6. The molecular formula is C90H60B2N4S2. The Balaban J connectivity index is 0.935. The van der Waals surface area contributed by atoms with E-state index in [2.05, 4.69) is 384 Å². The molecule has 0 amide bonds. The third-order valence-electron chi connectivity index (χ3n) is 19.9. The van der Waals surface area contributed by atoms with Gasteiger partial charge in [0, 0.05) is 93.0 Å². The van der Waals surface area contributed by atoms with Crippen LogP contribution in [-0.4, -0.2) is 13.4 Å². The predicted octanol–water partition coefficient (Wildman–Crippen LogP) is 20.8. The molecule has 0 unspecified atom stereocenters. The van der Waals surface area contributed by atoms with E-state index < -0.39 is 0 Å². The highest BCUT2D eigenvalue weighted by Gasteiger charge is 2.47. The molecule has 15 aromatic carbocycles. The summed E-state index contributed by atoms with van der Waals surface area (Å²) in [5.74, 6) is 0. The molecule has 4 heterocycles. The van der Waals surface area contributed by atoms with Crippen LogP contribution in [0, 0.1) is 0 Å². The van der Waals surface area contributed by atoms with Crippen molar-refractivity contribution in [3.05, 3.63) is 364 Å². The van der Waals surface area contributed by atoms with Gasteiger partial charge < -0.3 is 19.6 Å². The van der Waals surface area contributed by atoms with Crippen LogP contribution in [0.4, 0.5) is 68.2 Å². The first-order valence-electron chi connectivity index (χ1n) is 33.6. The molecule has 8 heteroatoms. The third kappa shape index (κ3) is 9.65. The Morgan fingerprint density at radius 3 is 1.03 bits per heavy atom. The highest BCUT2D eigenvalue weighted by Crippen LogP contribution is 2.54. The Kier molecular flexibility index (Phi) is 14.3. The lowest BCUT2D eigenvalue weighted by molar-refractivity contribution is 1.21. The molecule has 0 atom stereocenters. The Morgan fingerprint density at radius 2 is 0.582 bits per heavy atom. The van der Waals surface area contributed by atoms with Gasteiger partial charge >= 0.3 is 0 Å². The maximum atomic E-state index is 2.70. The van der Waals surface area contributed by atoms with Gasteiger partial charge in [-0.3, -0.25) is 0 Å². The first-order chi connectivity index (χ1) is 48.7. The molecule has 4 aliphatic rings. The number of rotatable bonds is 12. The van der Waals surface area contributed by atoms with Gasteiger partial charge in [0.1, 0.15) is 0 Å². The van der Waals surface area contributed by atoms with Crippen molar-refractivity contribution < 1.29 is 0 Å². The zero-order valence-corrected chi connectivity index (χ0v) is 55.0. The average Bonchev–Trinajstić information content (AvgIpc) is 0.688. The van der Waals surface area contributed by atoms with Gasteiger partial charge in [-0.2, -0.15) is 0 Å². The van der Waals surface area contributed by atoms with E-state index >= 15 is 0 Å². The number of para-hydroxylation sites is 6. The minimum atomic E-state index is -0.139. The molecule has 4 nitrogen and oxygen atoms in total. The van der Waals surface area contributed by atoms with Crippen molar-refractivity contribution >= 4 is 138 Å². The lowest BCUT2D eigenvalue weighted by Gasteiger charge is -2.45. The standard InChI is InChI=1S/C90H60B2N4S2/c1-8-31-61(32-9-1)70-45-22-26-51-78(70)93(65-39-16-5-17-40-65)68-55-82-88-86(57-68)97-84-53-28-24-49-74(84)91(88)76-59-77-81(60-80(76)95(82)67-43-20-7-21-44-67)96(90-72(63-35-12-3-13-36-63)47-30-48-73(90)64-37-14-4-15-38-64)83-56-69(58-87-89(83)92(77)75-50-25-29-54-85(75)98-87)94(66-41-18-6-19-42-66)79-52-27-23-46-71(79)62-33-10-2-11-34-62/h1-60H. The van der Waals surface area contributed by atoms with Crippen molar-refractivity contribution in [2.45, 2.75) is 19.6 Å². The molecule has 19 rings (SSSR count). The van der Waals surface area contributed by atoms with Crippen molar-refractivity contribution in [3.8, 4) is 44.5 Å². The van der Waals surface area contributed by atoms with Crippen LogP contribution < -0.4 is 52.4 Å². The fourth-order valence-corrected chi connectivity index (χ4v) is 18.2. The summed E-state index contributed by atoms with van der Waals surface area (Å²) >= 11 is 3.80. The molecule has 0 aliphatic carbocycles. The molecule has 0 aromatic heterocycles. The van der Waals surface area contributed by atoms with Crippen LogP contribution in [0.25, 0.3) is 44.5 Å². The third-order valence-corrected chi connectivity index (χ3v) is 22.2. The molecule has 458 valence electrons. The van der Waals surface area contributed by atoms with E-state index in [4.69, 9.17) is 0 Å². The van der Waals surface area contributed by atoms with Crippen LogP contribution in [0.3, 0.4) is 0 Å². The van der Waals surface area contributed by atoms with Crippen molar-refractivity contribution in [2.24, 2.45) is 0 Å². The van der Waals surface area contributed by atoms with Crippen LogP contribution in [0.5, 0.6) is 0 Å². The van der Waals surface area contributed by atoms with Gasteiger partial charge in [0.25, 0.3) is 0 Å². The smallest absolute Gasteiger partial charge is 0.249 e. The molecule has 0 saturated heterocycles. The van der Waals surface area contributed by atoms with Crippen molar-refractivity contribution in [1.82, 2.24) is 0 Å². The molecular weight excluding hydrogens is 1220 g/mol. The second-order valence-electron chi connectivity index (χ2n) is 25.4. The van der Waals surface area contributed by atoms with Gasteiger partial charge in [-0.05, 0) is 135 Å². The van der Waals surface area contributed by atoms with Crippen LogP contribution in [0.2, 0.25) is 0 Å². The lowest BCUT2D eigenvalue weighted by atomic mass is 9.31. The molecule has 0 saturated carbocycles. The first-order valence-corrected chi connectivity index (χ1v) is 35.3. The fraction of sp³-hybridized carbons (Fsp3) is 0.